The summed E-state index contributed by atoms with van der Waals surface area (Å²) >= 11 is 5.85. The molecule has 0 N–H and O–H groups in total. The second-order valence-electron chi connectivity index (χ2n) is 4.55. The van der Waals surface area contributed by atoms with Gasteiger partial charge < -0.3 is 0 Å². The summed E-state index contributed by atoms with van der Waals surface area (Å²) in [6, 6.07) is 0. The maximum absolute atomic E-state index is 11.2. The largest absolute Gasteiger partial charge is 0.229 e. The molecule has 0 aliphatic carbocycles. The molecule has 1 rings (SSSR count). The molecule has 0 amide bonds. The molecule has 0 aromatic heterocycles. The lowest BCUT2D eigenvalue weighted by atomic mass is 9.77. The van der Waals surface area contributed by atoms with E-state index in [0.717, 1.165) is 12.8 Å². The van der Waals surface area contributed by atoms with E-state index < -0.39 is 9.84 Å². The van der Waals surface area contributed by atoms with Gasteiger partial charge in [-0.15, -0.1) is 11.6 Å². The number of hydrogen-bond acceptors (Lipinski definition) is 2. The van der Waals surface area contributed by atoms with E-state index in [1.165, 1.54) is 0 Å². The van der Waals surface area contributed by atoms with Crippen molar-refractivity contribution in [1.29, 1.82) is 0 Å². The lowest BCUT2D eigenvalue weighted by molar-refractivity contribution is 0.226. The van der Waals surface area contributed by atoms with Gasteiger partial charge in [-0.2, -0.15) is 0 Å². The zero-order valence-corrected chi connectivity index (χ0v) is 9.79. The van der Waals surface area contributed by atoms with Crippen LogP contribution in [0, 0.1) is 11.3 Å². The number of hydrogen-bond donors (Lipinski definition) is 0. The fraction of sp³-hybridized carbons (Fsp3) is 1.00. The van der Waals surface area contributed by atoms with E-state index in [1.807, 2.05) is 0 Å². The zero-order valence-electron chi connectivity index (χ0n) is 8.22. The fourth-order valence-corrected chi connectivity index (χ4v) is 3.49. The Bertz CT molecular complexity index is 255. The molecular formula is C9H17ClO2S. The molecule has 4 heteroatoms. The Morgan fingerprint density at radius 2 is 1.77 bits per heavy atom. The minimum atomic E-state index is -2.73. The van der Waals surface area contributed by atoms with Gasteiger partial charge in [-0.3, -0.25) is 0 Å². The van der Waals surface area contributed by atoms with Gasteiger partial charge in [0.15, 0.2) is 0 Å². The van der Waals surface area contributed by atoms with Crippen molar-refractivity contribution in [1.82, 2.24) is 0 Å². The average Bonchev–Trinajstić information content (AvgIpc) is 2.04. The molecule has 0 spiro atoms. The molecule has 0 saturated carbocycles. The van der Waals surface area contributed by atoms with E-state index in [-0.39, 0.29) is 5.41 Å². The van der Waals surface area contributed by atoms with E-state index in [9.17, 15) is 8.42 Å². The normalized spacial score (nSPS) is 24.5. The molecule has 2 nitrogen and oxygen atoms in total. The zero-order chi connectivity index (χ0) is 10.1. The van der Waals surface area contributed by atoms with Crippen molar-refractivity contribution in [3.05, 3.63) is 0 Å². The van der Waals surface area contributed by atoms with E-state index in [4.69, 9.17) is 11.6 Å². The van der Waals surface area contributed by atoms with Gasteiger partial charge in [-0.05, 0) is 24.2 Å². The molecule has 1 heterocycles. The van der Waals surface area contributed by atoms with Crippen LogP contribution in [-0.4, -0.2) is 25.8 Å². The van der Waals surface area contributed by atoms with Crippen molar-refractivity contribution in [2.24, 2.45) is 11.3 Å². The van der Waals surface area contributed by atoms with Crippen molar-refractivity contribution >= 4 is 21.4 Å². The summed E-state index contributed by atoms with van der Waals surface area (Å²) in [7, 11) is -2.73. The van der Waals surface area contributed by atoms with Crippen LogP contribution in [0.25, 0.3) is 0 Å². The highest BCUT2D eigenvalue weighted by atomic mass is 35.5. The maximum Gasteiger partial charge on any atom is 0.150 e. The number of halogens is 1. The highest BCUT2D eigenvalue weighted by Gasteiger charge is 2.33. The molecular weight excluding hydrogens is 208 g/mol. The van der Waals surface area contributed by atoms with E-state index in [1.54, 1.807) is 0 Å². The van der Waals surface area contributed by atoms with Crippen molar-refractivity contribution in [2.75, 3.05) is 17.4 Å². The van der Waals surface area contributed by atoms with Gasteiger partial charge in [-0.25, -0.2) is 8.42 Å². The van der Waals surface area contributed by atoms with Gasteiger partial charge in [0, 0.05) is 5.88 Å². The van der Waals surface area contributed by atoms with Gasteiger partial charge in [0.25, 0.3) is 0 Å². The number of rotatable bonds is 2. The highest BCUT2D eigenvalue weighted by Crippen LogP contribution is 2.36. The maximum atomic E-state index is 11.2. The molecule has 1 fully saturated rings. The SMILES string of the molecule is CC(C)(CCl)C1CCS(=O)(=O)CC1. The van der Waals surface area contributed by atoms with Gasteiger partial charge >= 0.3 is 0 Å². The third-order valence-corrected chi connectivity index (χ3v) is 5.41. The van der Waals surface area contributed by atoms with Crippen LogP contribution in [0.15, 0.2) is 0 Å². The second kappa shape index (κ2) is 3.77. The van der Waals surface area contributed by atoms with Gasteiger partial charge in [0.2, 0.25) is 0 Å². The van der Waals surface area contributed by atoms with Gasteiger partial charge in [-0.1, -0.05) is 13.8 Å². The summed E-state index contributed by atoms with van der Waals surface area (Å²) in [6.45, 7) is 4.23. The van der Waals surface area contributed by atoms with Crippen LogP contribution in [0.1, 0.15) is 26.7 Å². The Balaban J connectivity index is 2.60. The topological polar surface area (TPSA) is 34.1 Å². The first kappa shape index (κ1) is 11.3. The van der Waals surface area contributed by atoms with E-state index in [0.29, 0.717) is 23.3 Å². The second-order valence-corrected chi connectivity index (χ2v) is 7.12. The molecule has 13 heavy (non-hydrogen) atoms. The molecule has 0 aromatic carbocycles. The third-order valence-electron chi connectivity index (χ3n) is 3.00. The molecule has 1 aliphatic rings. The summed E-state index contributed by atoms with van der Waals surface area (Å²) in [5.41, 5.74) is 0.0808. The smallest absolute Gasteiger partial charge is 0.150 e. The van der Waals surface area contributed by atoms with Crippen molar-refractivity contribution < 1.29 is 8.42 Å². The lowest BCUT2D eigenvalue weighted by Gasteiger charge is -2.35. The standard InChI is InChI=1S/C9H17ClO2S/c1-9(2,7-10)8-3-5-13(11,12)6-4-8/h8H,3-7H2,1-2H3. The lowest BCUT2D eigenvalue weighted by Crippen LogP contribution is -2.34. The summed E-state index contributed by atoms with van der Waals surface area (Å²) in [5, 5.41) is 0. The average molecular weight is 225 g/mol. The molecule has 0 aromatic rings. The Morgan fingerprint density at radius 1 is 1.31 bits per heavy atom. The minimum absolute atomic E-state index is 0.0808. The molecule has 1 saturated heterocycles. The monoisotopic (exact) mass is 224 g/mol. The minimum Gasteiger partial charge on any atom is -0.229 e. The summed E-state index contributed by atoms with van der Waals surface area (Å²) in [6.07, 6.45) is 1.56. The fourth-order valence-electron chi connectivity index (χ4n) is 1.78. The van der Waals surface area contributed by atoms with Crippen LogP contribution in [0.5, 0.6) is 0 Å². The molecule has 0 atom stereocenters. The van der Waals surface area contributed by atoms with E-state index >= 15 is 0 Å². The quantitative estimate of drug-likeness (QED) is 0.673. The third kappa shape index (κ3) is 2.84. The molecule has 78 valence electrons. The first-order chi connectivity index (χ1) is 5.87. The predicted molar refractivity (Wildman–Crippen MR) is 55.9 cm³/mol. The Labute approximate surface area is 85.6 Å². The van der Waals surface area contributed by atoms with Crippen LogP contribution >= 0.6 is 11.6 Å². The van der Waals surface area contributed by atoms with Crippen molar-refractivity contribution in [2.45, 2.75) is 26.7 Å². The first-order valence-corrected chi connectivity index (χ1v) is 6.99. The predicted octanol–water partition coefficient (Wildman–Crippen LogP) is 2.08. The van der Waals surface area contributed by atoms with Gasteiger partial charge in [0.1, 0.15) is 9.84 Å². The molecule has 0 bridgehead atoms. The molecule has 1 aliphatic heterocycles. The van der Waals surface area contributed by atoms with Crippen LogP contribution in [0.4, 0.5) is 0 Å². The Morgan fingerprint density at radius 3 is 2.15 bits per heavy atom. The summed E-state index contributed by atoms with van der Waals surface area (Å²) < 4.78 is 22.4. The van der Waals surface area contributed by atoms with Crippen LogP contribution in [0.2, 0.25) is 0 Å². The van der Waals surface area contributed by atoms with Crippen molar-refractivity contribution in [3.63, 3.8) is 0 Å². The van der Waals surface area contributed by atoms with Crippen LogP contribution in [-0.2, 0) is 9.84 Å². The van der Waals surface area contributed by atoms with E-state index in [2.05, 4.69) is 13.8 Å². The summed E-state index contributed by atoms with van der Waals surface area (Å²) in [5.74, 6) is 1.77. The molecule has 0 unspecified atom stereocenters. The van der Waals surface area contributed by atoms with Gasteiger partial charge in [0.05, 0.1) is 11.5 Å². The Kier molecular flexibility index (Phi) is 3.29. The van der Waals surface area contributed by atoms with Crippen LogP contribution in [0.3, 0.4) is 0 Å². The Hall–Kier alpha value is 0.240. The van der Waals surface area contributed by atoms with Crippen LogP contribution < -0.4 is 0 Å². The highest BCUT2D eigenvalue weighted by molar-refractivity contribution is 7.91. The van der Waals surface area contributed by atoms with Crippen molar-refractivity contribution in [3.8, 4) is 0 Å². The number of sulfone groups is 1. The summed E-state index contributed by atoms with van der Waals surface area (Å²) in [4.78, 5) is 0. The number of alkyl halides is 1. The molecule has 0 radical (unpaired) electrons. The first-order valence-electron chi connectivity index (χ1n) is 4.64.